The third kappa shape index (κ3) is 6.94. The number of carbonyl (C=O) groups is 1. The number of nitrogen functional groups attached to an aromatic ring is 1. The van der Waals surface area contributed by atoms with Crippen LogP contribution in [0.1, 0.15) is 17.5 Å². The van der Waals surface area contributed by atoms with E-state index < -0.39 is 10.0 Å². The smallest absolute Gasteiger partial charge is 0.220 e. The van der Waals surface area contributed by atoms with Gasteiger partial charge in [0.2, 0.25) is 15.9 Å². The molecule has 1 amide bonds. The monoisotopic (exact) mass is 361 g/mol. The molecule has 134 valence electrons. The van der Waals surface area contributed by atoms with Crippen molar-refractivity contribution in [3.8, 4) is 0 Å². The molecule has 0 aliphatic rings. The highest BCUT2D eigenvalue weighted by Crippen LogP contribution is 2.12. The van der Waals surface area contributed by atoms with Gasteiger partial charge in [-0.2, -0.15) is 0 Å². The highest BCUT2D eigenvalue weighted by Gasteiger charge is 2.11. The summed E-state index contributed by atoms with van der Waals surface area (Å²) in [6.45, 7) is 0.317. The minimum absolute atomic E-state index is 0.0766. The molecule has 6 nitrogen and oxygen atoms in total. The van der Waals surface area contributed by atoms with E-state index in [0.717, 1.165) is 11.1 Å². The van der Waals surface area contributed by atoms with E-state index in [2.05, 4.69) is 10.0 Å². The molecule has 0 heterocycles. The van der Waals surface area contributed by atoms with Gasteiger partial charge in [0, 0.05) is 25.2 Å². The highest BCUT2D eigenvalue weighted by molar-refractivity contribution is 7.89. The van der Waals surface area contributed by atoms with Crippen molar-refractivity contribution in [2.45, 2.75) is 19.4 Å². The second-order valence-electron chi connectivity index (χ2n) is 5.67. The first-order valence-electron chi connectivity index (χ1n) is 8.07. The molecule has 0 saturated heterocycles. The number of anilines is 1. The van der Waals surface area contributed by atoms with Crippen molar-refractivity contribution >= 4 is 21.6 Å². The molecule has 2 aromatic rings. The van der Waals surface area contributed by atoms with E-state index in [-0.39, 0.29) is 31.2 Å². The first-order valence-corrected chi connectivity index (χ1v) is 9.73. The van der Waals surface area contributed by atoms with Crippen LogP contribution >= 0.6 is 0 Å². The van der Waals surface area contributed by atoms with Gasteiger partial charge in [-0.15, -0.1) is 0 Å². The fourth-order valence-electron chi connectivity index (χ4n) is 2.28. The molecule has 0 atom stereocenters. The van der Waals surface area contributed by atoms with E-state index in [1.165, 1.54) is 0 Å². The average molecular weight is 361 g/mol. The van der Waals surface area contributed by atoms with Crippen molar-refractivity contribution in [3.05, 3.63) is 65.7 Å². The van der Waals surface area contributed by atoms with Gasteiger partial charge in [0.25, 0.3) is 0 Å². The summed E-state index contributed by atoms with van der Waals surface area (Å²) >= 11 is 0. The summed E-state index contributed by atoms with van der Waals surface area (Å²) in [7, 11) is -3.43. The summed E-state index contributed by atoms with van der Waals surface area (Å²) in [6.07, 6.45) is 0.795. The van der Waals surface area contributed by atoms with E-state index >= 15 is 0 Å². The lowest BCUT2D eigenvalue weighted by Gasteiger charge is -2.09. The van der Waals surface area contributed by atoms with Gasteiger partial charge in [-0.3, -0.25) is 4.79 Å². The molecule has 0 fully saturated rings. The normalized spacial score (nSPS) is 11.2. The second kappa shape index (κ2) is 9.19. The van der Waals surface area contributed by atoms with Gasteiger partial charge < -0.3 is 11.1 Å². The van der Waals surface area contributed by atoms with Gasteiger partial charge in [-0.1, -0.05) is 48.5 Å². The standard InChI is InChI=1S/C18H23N3O3S/c19-17-9-5-4-8-16(17)10-11-18(22)20-12-13-25(23,24)21-14-15-6-2-1-3-7-15/h1-9,21H,10-14,19H2,(H,20,22). The first kappa shape index (κ1) is 19.0. The van der Waals surface area contributed by atoms with Crippen LogP contribution < -0.4 is 15.8 Å². The van der Waals surface area contributed by atoms with E-state index in [0.29, 0.717) is 12.1 Å². The van der Waals surface area contributed by atoms with Gasteiger partial charge >= 0.3 is 0 Å². The Kier molecular flexibility index (Phi) is 6.97. The molecular formula is C18H23N3O3S. The molecule has 7 heteroatoms. The Labute approximate surface area is 148 Å². The maximum atomic E-state index is 11.9. The molecule has 0 saturated carbocycles. The number of nitrogens with one attached hydrogen (secondary N) is 2. The summed E-state index contributed by atoms with van der Waals surface area (Å²) in [5.41, 5.74) is 8.28. The Morgan fingerprint density at radius 1 is 1.00 bits per heavy atom. The highest BCUT2D eigenvalue weighted by atomic mass is 32.2. The maximum absolute atomic E-state index is 11.9. The Morgan fingerprint density at radius 3 is 2.40 bits per heavy atom. The van der Waals surface area contributed by atoms with Gasteiger partial charge in [0.15, 0.2) is 0 Å². The zero-order valence-corrected chi connectivity index (χ0v) is 14.8. The molecule has 0 aromatic heterocycles. The second-order valence-corrected chi connectivity index (χ2v) is 7.60. The molecular weight excluding hydrogens is 338 g/mol. The number of aryl methyl sites for hydroxylation is 1. The van der Waals surface area contributed by atoms with Crippen molar-refractivity contribution in [2.24, 2.45) is 0 Å². The molecule has 0 spiro atoms. The third-order valence-electron chi connectivity index (χ3n) is 3.71. The Hall–Kier alpha value is -2.38. The lowest BCUT2D eigenvalue weighted by atomic mass is 10.1. The Morgan fingerprint density at radius 2 is 1.68 bits per heavy atom. The van der Waals surface area contributed by atoms with Crippen molar-refractivity contribution < 1.29 is 13.2 Å². The predicted octanol–water partition coefficient (Wildman–Crippen LogP) is 1.44. The molecule has 25 heavy (non-hydrogen) atoms. The minimum atomic E-state index is -3.43. The van der Waals surface area contributed by atoms with Crippen LogP contribution in [-0.4, -0.2) is 26.6 Å². The van der Waals surface area contributed by atoms with Crippen LogP contribution in [0, 0.1) is 0 Å². The molecule has 0 radical (unpaired) electrons. The predicted molar refractivity (Wildman–Crippen MR) is 99.3 cm³/mol. The van der Waals surface area contributed by atoms with Crippen molar-refractivity contribution in [3.63, 3.8) is 0 Å². The number of nitrogens with two attached hydrogens (primary N) is 1. The maximum Gasteiger partial charge on any atom is 0.220 e. The number of carbonyl (C=O) groups excluding carboxylic acids is 1. The number of para-hydroxylation sites is 1. The fraction of sp³-hybridized carbons (Fsp3) is 0.278. The number of hydrogen-bond acceptors (Lipinski definition) is 4. The van der Waals surface area contributed by atoms with Crippen LogP contribution in [0.5, 0.6) is 0 Å². The van der Waals surface area contributed by atoms with E-state index in [4.69, 9.17) is 5.73 Å². The summed E-state index contributed by atoms with van der Waals surface area (Å²) in [5.74, 6) is -0.347. The van der Waals surface area contributed by atoms with Crippen LogP contribution in [0.25, 0.3) is 0 Å². The number of rotatable bonds is 9. The zero-order chi connectivity index (χ0) is 18.1. The zero-order valence-electron chi connectivity index (χ0n) is 13.9. The lowest BCUT2D eigenvalue weighted by Crippen LogP contribution is -2.34. The number of hydrogen-bond donors (Lipinski definition) is 3. The number of sulfonamides is 1. The first-order chi connectivity index (χ1) is 12.0. The molecule has 2 aromatic carbocycles. The summed E-state index contributed by atoms with van der Waals surface area (Å²) < 4.78 is 26.4. The fourth-order valence-corrected chi connectivity index (χ4v) is 3.19. The average Bonchev–Trinajstić information content (AvgIpc) is 2.60. The van der Waals surface area contributed by atoms with Crippen LogP contribution in [0.2, 0.25) is 0 Å². The Balaban J connectivity index is 1.68. The molecule has 2 rings (SSSR count). The van der Waals surface area contributed by atoms with Crippen molar-refractivity contribution in [1.82, 2.24) is 10.0 Å². The number of benzene rings is 2. The van der Waals surface area contributed by atoms with E-state index in [1.807, 2.05) is 48.5 Å². The van der Waals surface area contributed by atoms with Crippen molar-refractivity contribution in [2.75, 3.05) is 18.0 Å². The van der Waals surface area contributed by atoms with Gasteiger partial charge in [0.1, 0.15) is 0 Å². The quantitative estimate of drug-likeness (QED) is 0.588. The van der Waals surface area contributed by atoms with Crippen LogP contribution in [0.3, 0.4) is 0 Å². The Bertz CT molecular complexity index is 792. The van der Waals surface area contributed by atoms with Gasteiger partial charge in [-0.05, 0) is 23.6 Å². The lowest BCUT2D eigenvalue weighted by molar-refractivity contribution is -0.120. The number of amides is 1. The summed E-state index contributed by atoms with van der Waals surface area (Å²) in [4.78, 5) is 11.8. The molecule has 4 N–H and O–H groups in total. The summed E-state index contributed by atoms with van der Waals surface area (Å²) in [5, 5.41) is 2.63. The topological polar surface area (TPSA) is 101 Å². The van der Waals surface area contributed by atoms with E-state index in [9.17, 15) is 13.2 Å². The largest absolute Gasteiger partial charge is 0.399 e. The SMILES string of the molecule is Nc1ccccc1CCC(=O)NCCS(=O)(=O)NCc1ccccc1. The molecule has 0 bridgehead atoms. The molecule has 0 aliphatic heterocycles. The van der Waals surface area contributed by atoms with Crippen molar-refractivity contribution in [1.29, 1.82) is 0 Å². The minimum Gasteiger partial charge on any atom is -0.399 e. The third-order valence-corrected chi connectivity index (χ3v) is 5.03. The van der Waals surface area contributed by atoms with Crippen LogP contribution in [0.4, 0.5) is 5.69 Å². The van der Waals surface area contributed by atoms with Gasteiger partial charge in [-0.25, -0.2) is 13.1 Å². The van der Waals surface area contributed by atoms with Crippen LogP contribution in [-0.2, 0) is 27.8 Å². The van der Waals surface area contributed by atoms with Gasteiger partial charge in [0.05, 0.1) is 5.75 Å². The van der Waals surface area contributed by atoms with Crippen LogP contribution in [0.15, 0.2) is 54.6 Å². The molecule has 0 aliphatic carbocycles. The molecule has 0 unspecified atom stereocenters. The summed E-state index contributed by atoms with van der Waals surface area (Å²) in [6, 6.07) is 16.6. The van der Waals surface area contributed by atoms with E-state index in [1.54, 1.807) is 6.07 Å².